The maximum absolute atomic E-state index is 11.4. The molecule has 2 amide bonds. The standard InChI is InChI=1S/C13H18N2O4/c1-9(7-10-5-3-2-4-6-10)15-13(19)14-8-11(16)12(17)18/h2-6,9,11,16H,7-8H2,1H3,(H,17,18)(H2,14,15,19)/t9?,11-/m0/s1. The van der Waals surface area contributed by atoms with Gasteiger partial charge in [0.1, 0.15) is 0 Å². The Kier molecular flexibility index (Phi) is 5.81. The molecule has 0 aliphatic rings. The minimum absolute atomic E-state index is 0.0932. The van der Waals surface area contributed by atoms with Gasteiger partial charge in [-0.3, -0.25) is 0 Å². The van der Waals surface area contributed by atoms with Crippen molar-refractivity contribution in [3.05, 3.63) is 35.9 Å². The second-order valence-electron chi connectivity index (χ2n) is 4.30. The molecule has 0 aliphatic heterocycles. The Morgan fingerprint density at radius 1 is 1.26 bits per heavy atom. The zero-order valence-corrected chi connectivity index (χ0v) is 10.7. The lowest BCUT2D eigenvalue weighted by atomic mass is 10.1. The Morgan fingerprint density at radius 2 is 1.89 bits per heavy atom. The van der Waals surface area contributed by atoms with Gasteiger partial charge in [0.15, 0.2) is 6.10 Å². The van der Waals surface area contributed by atoms with E-state index in [4.69, 9.17) is 10.2 Å². The molecule has 0 spiro atoms. The number of aliphatic hydroxyl groups excluding tert-OH is 1. The second-order valence-corrected chi connectivity index (χ2v) is 4.30. The Morgan fingerprint density at radius 3 is 2.47 bits per heavy atom. The molecule has 0 aromatic heterocycles. The van der Waals surface area contributed by atoms with Gasteiger partial charge in [-0.25, -0.2) is 9.59 Å². The SMILES string of the molecule is CC(Cc1ccccc1)NC(=O)NC[C@H](O)C(=O)O. The van der Waals surface area contributed by atoms with E-state index in [0.717, 1.165) is 5.56 Å². The van der Waals surface area contributed by atoms with E-state index >= 15 is 0 Å². The number of carboxylic acid groups (broad SMARTS) is 1. The molecule has 4 N–H and O–H groups in total. The minimum atomic E-state index is -1.59. The summed E-state index contributed by atoms with van der Waals surface area (Å²) >= 11 is 0. The number of hydrogen-bond donors (Lipinski definition) is 4. The Bertz CT molecular complexity index is 422. The first-order valence-corrected chi connectivity index (χ1v) is 5.98. The largest absolute Gasteiger partial charge is 0.479 e. The molecule has 0 fully saturated rings. The maximum Gasteiger partial charge on any atom is 0.334 e. The van der Waals surface area contributed by atoms with Crippen molar-refractivity contribution >= 4 is 12.0 Å². The molecule has 0 heterocycles. The Labute approximate surface area is 111 Å². The number of carboxylic acids is 1. The Hall–Kier alpha value is -2.08. The van der Waals surface area contributed by atoms with E-state index in [2.05, 4.69) is 10.6 Å². The molecule has 1 aromatic rings. The predicted molar refractivity (Wildman–Crippen MR) is 69.8 cm³/mol. The fraction of sp³-hybridized carbons (Fsp3) is 0.385. The molecule has 0 radical (unpaired) electrons. The smallest absolute Gasteiger partial charge is 0.334 e. The average molecular weight is 266 g/mol. The molecular formula is C13H18N2O4. The van der Waals surface area contributed by atoms with Crippen LogP contribution in [0.15, 0.2) is 30.3 Å². The highest BCUT2D eigenvalue weighted by Crippen LogP contribution is 2.02. The van der Waals surface area contributed by atoms with Gasteiger partial charge in [-0.05, 0) is 18.9 Å². The molecule has 19 heavy (non-hydrogen) atoms. The van der Waals surface area contributed by atoms with Gasteiger partial charge in [0.2, 0.25) is 0 Å². The van der Waals surface area contributed by atoms with Crippen molar-refractivity contribution in [2.45, 2.75) is 25.5 Å². The summed E-state index contributed by atoms with van der Waals surface area (Å²) in [5, 5.41) is 22.4. The number of aliphatic hydroxyl groups is 1. The lowest BCUT2D eigenvalue weighted by Crippen LogP contribution is -2.45. The van der Waals surface area contributed by atoms with E-state index in [9.17, 15) is 9.59 Å². The highest BCUT2D eigenvalue weighted by molar-refractivity contribution is 5.76. The highest BCUT2D eigenvalue weighted by Gasteiger charge is 2.14. The van der Waals surface area contributed by atoms with E-state index in [0.29, 0.717) is 6.42 Å². The maximum atomic E-state index is 11.4. The Balaban J connectivity index is 2.30. The van der Waals surface area contributed by atoms with Crippen LogP contribution in [-0.4, -0.2) is 40.9 Å². The summed E-state index contributed by atoms with van der Waals surface area (Å²) in [5.74, 6) is -1.36. The fourth-order valence-corrected chi connectivity index (χ4v) is 1.57. The van der Waals surface area contributed by atoms with Gasteiger partial charge >= 0.3 is 12.0 Å². The molecule has 1 unspecified atom stereocenters. The summed E-state index contributed by atoms with van der Waals surface area (Å²) in [4.78, 5) is 21.8. The number of carbonyl (C=O) groups is 2. The molecule has 0 saturated carbocycles. The van der Waals surface area contributed by atoms with Crippen LogP contribution < -0.4 is 10.6 Å². The molecule has 6 nitrogen and oxygen atoms in total. The van der Waals surface area contributed by atoms with Crippen LogP contribution >= 0.6 is 0 Å². The molecule has 0 bridgehead atoms. The van der Waals surface area contributed by atoms with Gasteiger partial charge in [-0.1, -0.05) is 30.3 Å². The van der Waals surface area contributed by atoms with Crippen molar-refractivity contribution in [3.8, 4) is 0 Å². The van der Waals surface area contributed by atoms with Crippen molar-refractivity contribution in [3.63, 3.8) is 0 Å². The van der Waals surface area contributed by atoms with Crippen LogP contribution in [0.2, 0.25) is 0 Å². The lowest BCUT2D eigenvalue weighted by molar-refractivity contribution is -0.146. The molecule has 0 saturated heterocycles. The zero-order chi connectivity index (χ0) is 14.3. The van der Waals surface area contributed by atoms with Gasteiger partial charge in [0.05, 0.1) is 6.54 Å². The van der Waals surface area contributed by atoms with E-state index in [-0.39, 0.29) is 12.6 Å². The molecule has 1 rings (SSSR count). The number of aliphatic carboxylic acids is 1. The minimum Gasteiger partial charge on any atom is -0.479 e. The third-order valence-corrected chi connectivity index (χ3v) is 2.50. The predicted octanol–water partition coefficient (Wildman–Crippen LogP) is 0.362. The van der Waals surface area contributed by atoms with Gasteiger partial charge in [-0.2, -0.15) is 0 Å². The highest BCUT2D eigenvalue weighted by atomic mass is 16.4. The summed E-state index contributed by atoms with van der Waals surface area (Å²) < 4.78 is 0. The summed E-state index contributed by atoms with van der Waals surface area (Å²) in [6, 6.07) is 9.10. The van der Waals surface area contributed by atoms with Gasteiger partial charge in [0, 0.05) is 6.04 Å². The average Bonchev–Trinajstić information content (AvgIpc) is 2.36. The zero-order valence-electron chi connectivity index (χ0n) is 10.7. The number of hydrogen-bond acceptors (Lipinski definition) is 3. The van der Waals surface area contributed by atoms with Crippen LogP contribution in [-0.2, 0) is 11.2 Å². The topological polar surface area (TPSA) is 98.7 Å². The van der Waals surface area contributed by atoms with E-state index in [1.54, 1.807) is 0 Å². The number of benzene rings is 1. The summed E-state index contributed by atoms with van der Waals surface area (Å²) in [6.07, 6.45) is -0.911. The first-order valence-electron chi connectivity index (χ1n) is 5.98. The lowest BCUT2D eigenvalue weighted by Gasteiger charge is -2.15. The molecule has 2 atom stereocenters. The summed E-state index contributed by atoms with van der Waals surface area (Å²) in [5.41, 5.74) is 1.10. The number of amides is 2. The quantitative estimate of drug-likeness (QED) is 0.597. The van der Waals surface area contributed by atoms with Gasteiger partial charge in [0.25, 0.3) is 0 Å². The third kappa shape index (κ3) is 5.87. The number of rotatable bonds is 6. The van der Waals surface area contributed by atoms with Crippen LogP contribution in [0.25, 0.3) is 0 Å². The molecular weight excluding hydrogens is 248 g/mol. The molecule has 0 aliphatic carbocycles. The van der Waals surface area contributed by atoms with Crippen molar-refractivity contribution in [2.24, 2.45) is 0 Å². The van der Waals surface area contributed by atoms with Crippen LogP contribution in [0.5, 0.6) is 0 Å². The van der Waals surface area contributed by atoms with Crippen molar-refractivity contribution in [1.82, 2.24) is 10.6 Å². The second kappa shape index (κ2) is 7.38. The third-order valence-electron chi connectivity index (χ3n) is 2.50. The van der Waals surface area contributed by atoms with Crippen molar-refractivity contribution < 1.29 is 19.8 Å². The summed E-state index contributed by atoms with van der Waals surface area (Å²) in [6.45, 7) is 1.53. The van der Waals surface area contributed by atoms with Gasteiger partial charge < -0.3 is 20.8 Å². The van der Waals surface area contributed by atoms with E-state index in [1.165, 1.54) is 0 Å². The van der Waals surface area contributed by atoms with Crippen LogP contribution in [0, 0.1) is 0 Å². The fourth-order valence-electron chi connectivity index (χ4n) is 1.57. The van der Waals surface area contributed by atoms with Crippen LogP contribution in [0.4, 0.5) is 4.79 Å². The van der Waals surface area contributed by atoms with Gasteiger partial charge in [-0.15, -0.1) is 0 Å². The number of carbonyl (C=O) groups excluding carboxylic acids is 1. The molecule has 104 valence electrons. The van der Waals surface area contributed by atoms with E-state index in [1.807, 2.05) is 37.3 Å². The summed E-state index contributed by atoms with van der Waals surface area (Å²) in [7, 11) is 0. The first-order chi connectivity index (χ1) is 8.99. The first kappa shape index (κ1) is 15.0. The van der Waals surface area contributed by atoms with Crippen LogP contribution in [0.1, 0.15) is 12.5 Å². The van der Waals surface area contributed by atoms with E-state index < -0.39 is 18.1 Å². The van der Waals surface area contributed by atoms with Crippen molar-refractivity contribution in [1.29, 1.82) is 0 Å². The van der Waals surface area contributed by atoms with Crippen molar-refractivity contribution in [2.75, 3.05) is 6.54 Å². The number of urea groups is 1. The molecule has 1 aromatic carbocycles. The monoisotopic (exact) mass is 266 g/mol. The number of nitrogens with one attached hydrogen (secondary N) is 2. The van der Waals surface area contributed by atoms with Crippen LogP contribution in [0.3, 0.4) is 0 Å². The molecule has 6 heteroatoms. The normalized spacial score (nSPS) is 13.4.